The van der Waals surface area contributed by atoms with E-state index in [2.05, 4.69) is 0 Å². The number of aryl methyl sites for hydroxylation is 3. The first-order valence-electron chi connectivity index (χ1n) is 10.3. The molecule has 4 aromatic rings. The third kappa shape index (κ3) is 4.18. The minimum atomic E-state index is 0.117. The van der Waals surface area contributed by atoms with Gasteiger partial charge in [-0.05, 0) is 67.8 Å². The van der Waals surface area contributed by atoms with Crippen LogP contribution < -0.4 is 9.64 Å². The van der Waals surface area contributed by atoms with Gasteiger partial charge in [-0.2, -0.15) is 0 Å². The predicted molar refractivity (Wildman–Crippen MR) is 127 cm³/mol. The van der Waals surface area contributed by atoms with Gasteiger partial charge in [-0.15, -0.1) is 0 Å². The summed E-state index contributed by atoms with van der Waals surface area (Å²) in [5.41, 5.74) is 4.53. The second-order valence-electron chi connectivity index (χ2n) is 7.80. The largest absolute Gasteiger partial charge is 0.508 e. The highest BCUT2D eigenvalue weighted by Crippen LogP contribution is 2.44. The highest BCUT2D eigenvalue weighted by molar-refractivity contribution is 5.81. The van der Waals surface area contributed by atoms with Crippen molar-refractivity contribution >= 4 is 17.1 Å². The van der Waals surface area contributed by atoms with Crippen molar-refractivity contribution in [1.29, 1.82) is 0 Å². The summed E-state index contributed by atoms with van der Waals surface area (Å²) in [5.74, 6) is 1.56. The highest BCUT2D eigenvalue weighted by atomic mass is 16.5. The number of phenols is 3. The topological polar surface area (TPSA) is 73.2 Å². The van der Waals surface area contributed by atoms with Crippen LogP contribution in [0.3, 0.4) is 0 Å². The van der Waals surface area contributed by atoms with Gasteiger partial charge in [0.2, 0.25) is 0 Å². The van der Waals surface area contributed by atoms with E-state index in [0.29, 0.717) is 28.6 Å². The average molecular weight is 428 g/mol. The number of ether oxygens (including phenoxy) is 1. The average Bonchev–Trinajstić information content (AvgIpc) is 2.77. The molecule has 0 radical (unpaired) electrons. The molecule has 0 aliphatic rings. The molecular weight excluding hydrogens is 402 g/mol. The van der Waals surface area contributed by atoms with Gasteiger partial charge in [0, 0.05) is 29.6 Å². The van der Waals surface area contributed by atoms with Gasteiger partial charge in [-0.3, -0.25) is 0 Å². The van der Waals surface area contributed by atoms with E-state index in [0.717, 1.165) is 16.7 Å². The van der Waals surface area contributed by atoms with E-state index in [9.17, 15) is 15.3 Å². The molecule has 0 amide bonds. The van der Waals surface area contributed by atoms with Crippen molar-refractivity contribution in [2.45, 2.75) is 20.8 Å². The van der Waals surface area contributed by atoms with Crippen LogP contribution in [0.4, 0.5) is 17.1 Å². The molecule has 32 heavy (non-hydrogen) atoms. The highest BCUT2D eigenvalue weighted by Gasteiger charge is 2.19. The zero-order valence-electron chi connectivity index (χ0n) is 18.2. The van der Waals surface area contributed by atoms with Crippen molar-refractivity contribution in [2.24, 2.45) is 0 Å². The number of phenolic OH excluding ortho intramolecular Hbond substituents is 3. The number of para-hydroxylation sites is 2. The lowest BCUT2D eigenvalue weighted by Gasteiger charge is -2.28. The number of anilines is 3. The standard InChI is InChI=1S/C27H25NO4/c1-17-8-11-20(14-24(17)30)28(21-12-9-18(2)25(31)15-21)23-6-4-5-7-26(23)32-27-16-22(29)13-10-19(27)3/h4-16,29-31H,1-3H3. The number of hydrogen-bond donors (Lipinski definition) is 3. The Morgan fingerprint density at radius 2 is 1.16 bits per heavy atom. The lowest BCUT2D eigenvalue weighted by atomic mass is 10.1. The molecule has 0 fully saturated rings. The summed E-state index contributed by atoms with van der Waals surface area (Å²) in [7, 11) is 0. The maximum atomic E-state index is 10.4. The summed E-state index contributed by atoms with van der Waals surface area (Å²) in [6, 6.07) is 23.4. The number of rotatable bonds is 5. The van der Waals surface area contributed by atoms with Crippen LogP contribution in [-0.4, -0.2) is 15.3 Å². The summed E-state index contributed by atoms with van der Waals surface area (Å²) in [5, 5.41) is 30.7. The summed E-state index contributed by atoms with van der Waals surface area (Å²) < 4.78 is 6.23. The van der Waals surface area contributed by atoms with Crippen molar-refractivity contribution in [3.8, 4) is 28.7 Å². The summed E-state index contributed by atoms with van der Waals surface area (Å²) in [4.78, 5) is 1.91. The zero-order chi connectivity index (χ0) is 22.8. The fourth-order valence-electron chi connectivity index (χ4n) is 3.45. The van der Waals surface area contributed by atoms with Crippen molar-refractivity contribution in [2.75, 3.05) is 4.90 Å². The van der Waals surface area contributed by atoms with E-state index in [-0.39, 0.29) is 17.2 Å². The van der Waals surface area contributed by atoms with E-state index in [4.69, 9.17) is 4.74 Å². The van der Waals surface area contributed by atoms with Crippen LogP contribution in [0.1, 0.15) is 16.7 Å². The molecule has 3 N–H and O–H groups in total. The van der Waals surface area contributed by atoms with Crippen molar-refractivity contribution < 1.29 is 20.1 Å². The zero-order valence-corrected chi connectivity index (χ0v) is 18.2. The van der Waals surface area contributed by atoms with Crippen molar-refractivity contribution in [3.05, 3.63) is 95.6 Å². The first-order chi connectivity index (χ1) is 15.3. The molecule has 4 aromatic carbocycles. The molecule has 5 heteroatoms. The Bertz CT molecular complexity index is 1230. The Balaban J connectivity index is 1.89. The number of nitrogens with zero attached hydrogens (tertiary/aromatic N) is 1. The fraction of sp³-hybridized carbons (Fsp3) is 0.111. The second kappa shape index (κ2) is 8.55. The molecule has 0 saturated carbocycles. The first-order valence-corrected chi connectivity index (χ1v) is 10.3. The summed E-state index contributed by atoms with van der Waals surface area (Å²) >= 11 is 0. The third-order valence-corrected chi connectivity index (χ3v) is 5.40. The van der Waals surface area contributed by atoms with Crippen LogP contribution in [0, 0.1) is 20.8 Å². The van der Waals surface area contributed by atoms with E-state index in [1.54, 1.807) is 30.3 Å². The van der Waals surface area contributed by atoms with E-state index < -0.39 is 0 Å². The van der Waals surface area contributed by atoms with Gasteiger partial charge < -0.3 is 25.0 Å². The van der Waals surface area contributed by atoms with E-state index >= 15 is 0 Å². The van der Waals surface area contributed by atoms with Gasteiger partial charge >= 0.3 is 0 Å². The van der Waals surface area contributed by atoms with Gasteiger partial charge in [0.25, 0.3) is 0 Å². The molecule has 0 heterocycles. The van der Waals surface area contributed by atoms with Gasteiger partial charge in [0.05, 0.1) is 5.69 Å². The smallest absolute Gasteiger partial charge is 0.151 e. The van der Waals surface area contributed by atoms with Crippen molar-refractivity contribution in [3.63, 3.8) is 0 Å². The normalized spacial score (nSPS) is 10.7. The van der Waals surface area contributed by atoms with E-state index in [1.807, 2.05) is 74.2 Å². The van der Waals surface area contributed by atoms with Crippen LogP contribution in [0.15, 0.2) is 78.9 Å². The molecule has 0 spiro atoms. The third-order valence-electron chi connectivity index (χ3n) is 5.40. The Labute approximate surface area is 187 Å². The van der Waals surface area contributed by atoms with Gasteiger partial charge in [0.15, 0.2) is 5.75 Å². The Hall–Kier alpha value is -4.12. The second-order valence-corrected chi connectivity index (χ2v) is 7.80. The quantitative estimate of drug-likeness (QED) is 0.320. The fourth-order valence-corrected chi connectivity index (χ4v) is 3.45. The number of benzene rings is 4. The monoisotopic (exact) mass is 427 g/mol. The molecule has 0 bridgehead atoms. The molecular formula is C27H25NO4. The first kappa shape index (κ1) is 21.1. The maximum Gasteiger partial charge on any atom is 0.151 e. The Morgan fingerprint density at radius 3 is 1.75 bits per heavy atom. The molecule has 0 unspecified atom stereocenters. The van der Waals surface area contributed by atoms with Gasteiger partial charge in [-0.1, -0.05) is 30.3 Å². The van der Waals surface area contributed by atoms with Crippen LogP contribution in [-0.2, 0) is 0 Å². The molecule has 0 aromatic heterocycles. The van der Waals surface area contributed by atoms with Crippen LogP contribution in [0.5, 0.6) is 28.7 Å². The van der Waals surface area contributed by atoms with Gasteiger partial charge in [0.1, 0.15) is 23.0 Å². The minimum Gasteiger partial charge on any atom is -0.508 e. The van der Waals surface area contributed by atoms with E-state index in [1.165, 1.54) is 0 Å². The Kier molecular flexibility index (Phi) is 5.65. The Morgan fingerprint density at radius 1 is 0.594 bits per heavy atom. The lowest BCUT2D eigenvalue weighted by molar-refractivity contribution is 0.453. The molecule has 0 aliphatic carbocycles. The number of hydrogen-bond acceptors (Lipinski definition) is 5. The van der Waals surface area contributed by atoms with Gasteiger partial charge in [-0.25, -0.2) is 0 Å². The molecule has 0 aliphatic heterocycles. The molecule has 4 rings (SSSR count). The van der Waals surface area contributed by atoms with Crippen LogP contribution in [0.2, 0.25) is 0 Å². The SMILES string of the molecule is Cc1ccc(N(c2ccc(C)c(O)c2)c2ccccc2Oc2cc(O)ccc2C)cc1O. The predicted octanol–water partition coefficient (Wildman–Crippen LogP) is 6.99. The lowest BCUT2D eigenvalue weighted by Crippen LogP contribution is -2.11. The van der Waals surface area contributed by atoms with Crippen LogP contribution in [0.25, 0.3) is 0 Å². The minimum absolute atomic E-state index is 0.117. The molecule has 0 saturated heterocycles. The van der Waals surface area contributed by atoms with Crippen LogP contribution >= 0.6 is 0 Å². The summed E-state index contributed by atoms with van der Waals surface area (Å²) in [6.07, 6.45) is 0. The van der Waals surface area contributed by atoms with Crippen molar-refractivity contribution in [1.82, 2.24) is 0 Å². The molecule has 162 valence electrons. The summed E-state index contributed by atoms with van der Waals surface area (Å²) in [6.45, 7) is 5.58. The molecule has 0 atom stereocenters. The number of aromatic hydroxyl groups is 3. The maximum absolute atomic E-state index is 10.4. The molecule has 5 nitrogen and oxygen atoms in total.